The molecule has 0 bridgehead atoms. The maximum atomic E-state index is 12.2. The highest BCUT2D eigenvalue weighted by Gasteiger charge is 2.29. The van der Waals surface area contributed by atoms with Crippen molar-refractivity contribution < 1.29 is 14.0 Å². The van der Waals surface area contributed by atoms with Gasteiger partial charge in [-0.1, -0.05) is 5.16 Å². The molecule has 1 heterocycles. The van der Waals surface area contributed by atoms with Crippen LogP contribution in [0.5, 0.6) is 0 Å². The highest BCUT2D eigenvalue weighted by molar-refractivity contribution is 5.81. The lowest BCUT2D eigenvalue weighted by Crippen LogP contribution is -2.32. The molecule has 4 nitrogen and oxygen atoms in total. The summed E-state index contributed by atoms with van der Waals surface area (Å²) in [5.74, 6) is -0.499. The van der Waals surface area contributed by atoms with Crippen molar-refractivity contribution in [3.05, 3.63) is 0 Å². The zero-order valence-electron chi connectivity index (χ0n) is 7.16. The van der Waals surface area contributed by atoms with Gasteiger partial charge in [0, 0.05) is 12.5 Å². The first-order valence-corrected chi connectivity index (χ1v) is 4.10. The minimum atomic E-state index is -2.27. The van der Waals surface area contributed by atoms with Gasteiger partial charge in [-0.2, -0.15) is 0 Å². The molecule has 0 unspecified atom stereocenters. The molecule has 3 N–H and O–H groups in total. The third kappa shape index (κ3) is 2.80. The highest BCUT2D eigenvalue weighted by atomic mass is 19.3. The van der Waals surface area contributed by atoms with Crippen LogP contribution in [0.3, 0.4) is 0 Å². The van der Waals surface area contributed by atoms with Crippen LogP contribution in [0.15, 0.2) is 5.16 Å². The van der Waals surface area contributed by atoms with Crippen LogP contribution in [0.1, 0.15) is 6.42 Å². The molecule has 6 heteroatoms. The number of alkyl halides is 2. The van der Waals surface area contributed by atoms with E-state index in [1.165, 1.54) is 0 Å². The third-order valence-electron chi connectivity index (χ3n) is 2.18. The Labute approximate surface area is 75.0 Å². The summed E-state index contributed by atoms with van der Waals surface area (Å²) in [5.41, 5.74) is 5.25. The first kappa shape index (κ1) is 10.2. The second-order valence-electron chi connectivity index (χ2n) is 3.21. The van der Waals surface area contributed by atoms with Gasteiger partial charge in [0.2, 0.25) is 6.43 Å². The quantitative estimate of drug-likeness (QED) is 0.293. The van der Waals surface area contributed by atoms with E-state index in [0.717, 1.165) is 0 Å². The number of rotatable bonds is 3. The molecular formula is C7H13F2N3O. The normalized spacial score (nSPS) is 25.8. The van der Waals surface area contributed by atoms with Crippen molar-refractivity contribution >= 4 is 5.84 Å². The van der Waals surface area contributed by atoms with Crippen LogP contribution in [0, 0.1) is 5.92 Å². The van der Waals surface area contributed by atoms with Crippen LogP contribution in [0.2, 0.25) is 0 Å². The summed E-state index contributed by atoms with van der Waals surface area (Å²) in [5, 5.41) is 11.0. The molecule has 0 saturated carbocycles. The standard InChI is InChI=1S/C7H13F2N3O/c8-7(9)5-1-2-12(3-5)4-6(10)11-13/h5,7,13H,1-4H2,(H2,10,11)/t5-/m1/s1. The van der Waals surface area contributed by atoms with Gasteiger partial charge in [0.05, 0.1) is 6.54 Å². The fraction of sp³-hybridized carbons (Fsp3) is 0.857. The molecule has 76 valence electrons. The molecule has 1 atom stereocenters. The zero-order chi connectivity index (χ0) is 9.84. The van der Waals surface area contributed by atoms with Crippen LogP contribution < -0.4 is 5.73 Å². The average molecular weight is 193 g/mol. The van der Waals surface area contributed by atoms with Crippen LogP contribution in [0.25, 0.3) is 0 Å². The summed E-state index contributed by atoms with van der Waals surface area (Å²) in [4.78, 5) is 1.76. The van der Waals surface area contributed by atoms with Crippen molar-refractivity contribution in [1.82, 2.24) is 4.90 Å². The predicted octanol–water partition coefficient (Wildman–Crippen LogP) is 0.320. The molecule has 0 radical (unpaired) electrons. The van der Waals surface area contributed by atoms with E-state index < -0.39 is 12.3 Å². The van der Waals surface area contributed by atoms with Crippen LogP contribution in [-0.4, -0.2) is 42.0 Å². The van der Waals surface area contributed by atoms with E-state index in [0.29, 0.717) is 19.5 Å². The molecule has 13 heavy (non-hydrogen) atoms. The molecule has 0 amide bonds. The maximum absolute atomic E-state index is 12.2. The topological polar surface area (TPSA) is 61.8 Å². The first-order valence-electron chi connectivity index (χ1n) is 4.10. The second-order valence-corrected chi connectivity index (χ2v) is 3.21. The number of hydrogen-bond acceptors (Lipinski definition) is 3. The lowest BCUT2D eigenvalue weighted by atomic mass is 10.1. The maximum Gasteiger partial charge on any atom is 0.242 e. The molecule has 0 aromatic carbocycles. The van der Waals surface area contributed by atoms with E-state index in [1.54, 1.807) is 4.90 Å². The molecular weight excluding hydrogens is 180 g/mol. The Hall–Kier alpha value is -0.910. The SMILES string of the molecule is NC(CN1CC[C@@H](C(F)F)C1)=NO. The molecule has 0 aromatic rings. The van der Waals surface area contributed by atoms with Crippen LogP contribution >= 0.6 is 0 Å². The van der Waals surface area contributed by atoms with Crippen molar-refractivity contribution in [2.24, 2.45) is 16.8 Å². The van der Waals surface area contributed by atoms with Gasteiger partial charge in [0.25, 0.3) is 0 Å². The van der Waals surface area contributed by atoms with Gasteiger partial charge in [-0.05, 0) is 13.0 Å². The molecule has 0 aromatic heterocycles. The van der Waals surface area contributed by atoms with E-state index in [1.807, 2.05) is 0 Å². The van der Waals surface area contributed by atoms with Gasteiger partial charge >= 0.3 is 0 Å². The average Bonchev–Trinajstić information content (AvgIpc) is 2.52. The number of nitrogens with two attached hydrogens (primary N) is 1. The summed E-state index contributed by atoms with van der Waals surface area (Å²) < 4.78 is 24.4. The smallest absolute Gasteiger partial charge is 0.242 e. The molecule has 1 aliphatic heterocycles. The second kappa shape index (κ2) is 4.36. The summed E-state index contributed by atoms with van der Waals surface area (Å²) in [6.07, 6.45) is -1.78. The van der Waals surface area contributed by atoms with Crippen molar-refractivity contribution in [3.8, 4) is 0 Å². The number of nitrogens with zero attached hydrogens (tertiary/aromatic N) is 2. The number of likely N-dealkylation sites (tertiary alicyclic amines) is 1. The van der Waals surface area contributed by atoms with E-state index in [2.05, 4.69) is 5.16 Å². The van der Waals surface area contributed by atoms with Crippen LogP contribution in [0.4, 0.5) is 8.78 Å². The molecule has 1 fully saturated rings. The number of hydrogen-bond donors (Lipinski definition) is 2. The van der Waals surface area contributed by atoms with Gasteiger partial charge in [-0.25, -0.2) is 8.78 Å². The molecule has 1 rings (SSSR count). The van der Waals surface area contributed by atoms with E-state index in [9.17, 15) is 8.78 Å². The van der Waals surface area contributed by atoms with Crippen LogP contribution in [-0.2, 0) is 0 Å². The van der Waals surface area contributed by atoms with Gasteiger partial charge in [-0.3, -0.25) is 4.90 Å². The van der Waals surface area contributed by atoms with Crippen molar-refractivity contribution in [2.45, 2.75) is 12.8 Å². The Bertz CT molecular complexity index is 198. The van der Waals surface area contributed by atoms with E-state index in [4.69, 9.17) is 10.9 Å². The fourth-order valence-electron chi connectivity index (χ4n) is 1.47. The van der Waals surface area contributed by atoms with Gasteiger partial charge in [0.1, 0.15) is 0 Å². The van der Waals surface area contributed by atoms with Crippen molar-refractivity contribution in [3.63, 3.8) is 0 Å². The summed E-state index contributed by atoms with van der Waals surface area (Å²) >= 11 is 0. The largest absolute Gasteiger partial charge is 0.409 e. The number of amidine groups is 1. The highest BCUT2D eigenvalue weighted by Crippen LogP contribution is 2.21. The van der Waals surface area contributed by atoms with Crippen molar-refractivity contribution in [1.29, 1.82) is 0 Å². The minimum Gasteiger partial charge on any atom is -0.409 e. The minimum absolute atomic E-state index is 0.0647. The predicted molar refractivity (Wildman–Crippen MR) is 44.0 cm³/mol. The van der Waals surface area contributed by atoms with Crippen molar-refractivity contribution in [2.75, 3.05) is 19.6 Å². The lowest BCUT2D eigenvalue weighted by Gasteiger charge is -2.14. The van der Waals surface area contributed by atoms with Gasteiger partial charge in [0.15, 0.2) is 5.84 Å². The Morgan fingerprint density at radius 1 is 1.69 bits per heavy atom. The molecule has 1 aliphatic rings. The third-order valence-corrected chi connectivity index (χ3v) is 2.18. The number of oxime groups is 1. The molecule has 1 saturated heterocycles. The fourth-order valence-corrected chi connectivity index (χ4v) is 1.47. The first-order chi connectivity index (χ1) is 6.13. The molecule has 0 spiro atoms. The van der Waals surface area contributed by atoms with E-state index in [-0.39, 0.29) is 12.4 Å². The molecule has 0 aliphatic carbocycles. The summed E-state index contributed by atoms with van der Waals surface area (Å²) in [6, 6.07) is 0. The summed E-state index contributed by atoms with van der Waals surface area (Å²) in [7, 11) is 0. The van der Waals surface area contributed by atoms with E-state index >= 15 is 0 Å². The zero-order valence-corrected chi connectivity index (χ0v) is 7.16. The van der Waals surface area contributed by atoms with Gasteiger partial charge < -0.3 is 10.9 Å². The monoisotopic (exact) mass is 193 g/mol. The summed E-state index contributed by atoms with van der Waals surface area (Å²) in [6.45, 7) is 1.18. The Morgan fingerprint density at radius 2 is 2.38 bits per heavy atom. The Balaban J connectivity index is 2.33. The Kier molecular flexibility index (Phi) is 3.41. The number of halogens is 2. The Morgan fingerprint density at radius 3 is 2.85 bits per heavy atom. The lowest BCUT2D eigenvalue weighted by molar-refractivity contribution is 0.0817. The van der Waals surface area contributed by atoms with Gasteiger partial charge in [-0.15, -0.1) is 0 Å².